The van der Waals surface area contributed by atoms with E-state index in [1.807, 2.05) is 19.0 Å². The van der Waals surface area contributed by atoms with Gasteiger partial charge in [0.2, 0.25) is 17.8 Å². The van der Waals surface area contributed by atoms with E-state index in [1.165, 1.54) is 25.7 Å². The number of nitrogens with zero attached hydrogens (tertiary/aromatic N) is 4. The number of hydrogen-bond donors (Lipinski definition) is 2. The Labute approximate surface area is 101 Å². The maximum absolute atomic E-state index is 4.40. The zero-order valence-electron chi connectivity index (χ0n) is 10.3. The van der Waals surface area contributed by atoms with Crippen LogP contribution in [0.5, 0.6) is 0 Å². The summed E-state index contributed by atoms with van der Waals surface area (Å²) in [5, 5.41) is 6.63. The van der Waals surface area contributed by atoms with Gasteiger partial charge in [-0.05, 0) is 25.7 Å². The SMILES string of the molecule is CN(C)c1nc(NC2CC2)nc(NC2CC2)n1. The van der Waals surface area contributed by atoms with Crippen LogP contribution < -0.4 is 15.5 Å². The quantitative estimate of drug-likeness (QED) is 0.795. The first-order valence-electron chi connectivity index (χ1n) is 6.17. The predicted octanol–water partition coefficient (Wildman–Crippen LogP) is 1.09. The third-order valence-corrected chi connectivity index (χ3v) is 2.84. The molecule has 2 saturated carbocycles. The Hall–Kier alpha value is -1.59. The second kappa shape index (κ2) is 4.01. The molecule has 1 heterocycles. The third-order valence-electron chi connectivity index (χ3n) is 2.84. The molecule has 92 valence electrons. The largest absolute Gasteiger partial charge is 0.351 e. The Morgan fingerprint density at radius 2 is 1.35 bits per heavy atom. The van der Waals surface area contributed by atoms with E-state index in [1.54, 1.807) is 0 Å². The molecule has 0 aromatic carbocycles. The summed E-state index contributed by atoms with van der Waals surface area (Å²) in [5.74, 6) is 2.08. The van der Waals surface area contributed by atoms with Crippen LogP contribution in [0.4, 0.5) is 17.8 Å². The molecule has 2 aliphatic carbocycles. The lowest BCUT2D eigenvalue weighted by molar-refractivity contribution is 0.930. The molecule has 1 aromatic heterocycles. The molecular weight excluding hydrogens is 216 g/mol. The fraction of sp³-hybridized carbons (Fsp3) is 0.727. The van der Waals surface area contributed by atoms with Gasteiger partial charge in [0, 0.05) is 26.2 Å². The third kappa shape index (κ3) is 2.75. The molecule has 2 N–H and O–H groups in total. The molecule has 0 atom stereocenters. The first-order valence-corrected chi connectivity index (χ1v) is 6.17. The van der Waals surface area contributed by atoms with Crippen molar-refractivity contribution in [3.63, 3.8) is 0 Å². The van der Waals surface area contributed by atoms with Crippen LogP contribution in [0.3, 0.4) is 0 Å². The molecule has 0 aliphatic heterocycles. The molecule has 6 nitrogen and oxygen atoms in total. The highest BCUT2D eigenvalue weighted by Gasteiger charge is 2.25. The molecule has 0 saturated heterocycles. The second-order valence-corrected chi connectivity index (χ2v) is 5.01. The average Bonchev–Trinajstić information content (AvgIpc) is 3.13. The molecule has 0 spiro atoms. The molecule has 6 heteroatoms. The predicted molar refractivity (Wildman–Crippen MR) is 67.4 cm³/mol. The summed E-state index contributed by atoms with van der Waals surface area (Å²) < 4.78 is 0. The zero-order valence-corrected chi connectivity index (χ0v) is 10.3. The van der Waals surface area contributed by atoms with Crippen LogP contribution in [-0.4, -0.2) is 41.1 Å². The molecule has 0 amide bonds. The number of rotatable bonds is 5. The van der Waals surface area contributed by atoms with E-state index in [2.05, 4.69) is 25.6 Å². The van der Waals surface area contributed by atoms with Crippen molar-refractivity contribution in [3.8, 4) is 0 Å². The van der Waals surface area contributed by atoms with E-state index in [0.717, 1.165) is 0 Å². The van der Waals surface area contributed by atoms with Gasteiger partial charge in [0.15, 0.2) is 0 Å². The molecule has 2 fully saturated rings. The molecular formula is C11H18N6. The number of hydrogen-bond acceptors (Lipinski definition) is 6. The Balaban J connectivity index is 1.81. The van der Waals surface area contributed by atoms with Gasteiger partial charge in [-0.2, -0.15) is 15.0 Å². The van der Waals surface area contributed by atoms with Gasteiger partial charge in [-0.25, -0.2) is 0 Å². The Bertz CT molecular complexity index is 378. The molecule has 3 rings (SSSR count). The van der Waals surface area contributed by atoms with E-state index < -0.39 is 0 Å². The Morgan fingerprint density at radius 1 is 0.882 bits per heavy atom. The lowest BCUT2D eigenvalue weighted by Crippen LogP contribution is -2.18. The number of nitrogens with one attached hydrogen (secondary N) is 2. The van der Waals surface area contributed by atoms with Gasteiger partial charge in [-0.1, -0.05) is 0 Å². The van der Waals surface area contributed by atoms with Crippen molar-refractivity contribution in [2.45, 2.75) is 37.8 Å². The maximum Gasteiger partial charge on any atom is 0.231 e. The summed E-state index contributed by atoms with van der Waals surface area (Å²) in [6.45, 7) is 0. The monoisotopic (exact) mass is 234 g/mol. The number of aromatic nitrogens is 3. The lowest BCUT2D eigenvalue weighted by atomic mass is 10.6. The van der Waals surface area contributed by atoms with E-state index in [4.69, 9.17) is 0 Å². The minimum absolute atomic E-state index is 0.557. The van der Waals surface area contributed by atoms with Gasteiger partial charge in [-0.3, -0.25) is 0 Å². The first-order chi connectivity index (χ1) is 8.20. The molecule has 17 heavy (non-hydrogen) atoms. The van der Waals surface area contributed by atoms with E-state index in [-0.39, 0.29) is 0 Å². The van der Waals surface area contributed by atoms with E-state index in [9.17, 15) is 0 Å². The average molecular weight is 234 g/mol. The second-order valence-electron chi connectivity index (χ2n) is 5.01. The van der Waals surface area contributed by atoms with E-state index in [0.29, 0.717) is 29.9 Å². The van der Waals surface area contributed by atoms with Crippen LogP contribution in [0.15, 0.2) is 0 Å². The highest BCUT2D eigenvalue weighted by Crippen LogP contribution is 2.26. The van der Waals surface area contributed by atoms with Crippen molar-refractivity contribution >= 4 is 17.8 Å². The van der Waals surface area contributed by atoms with E-state index >= 15 is 0 Å². The van der Waals surface area contributed by atoms with Crippen molar-refractivity contribution in [1.29, 1.82) is 0 Å². The van der Waals surface area contributed by atoms with Gasteiger partial charge in [-0.15, -0.1) is 0 Å². The smallest absolute Gasteiger partial charge is 0.231 e. The summed E-state index contributed by atoms with van der Waals surface area (Å²) in [4.78, 5) is 15.1. The number of anilines is 3. The first kappa shape index (κ1) is 10.6. The van der Waals surface area contributed by atoms with Crippen molar-refractivity contribution in [1.82, 2.24) is 15.0 Å². The van der Waals surface area contributed by atoms with Gasteiger partial charge < -0.3 is 15.5 Å². The van der Waals surface area contributed by atoms with Crippen LogP contribution in [0.1, 0.15) is 25.7 Å². The topological polar surface area (TPSA) is 66.0 Å². The van der Waals surface area contributed by atoms with Crippen LogP contribution in [-0.2, 0) is 0 Å². The lowest BCUT2D eigenvalue weighted by Gasteiger charge is -2.13. The van der Waals surface area contributed by atoms with Crippen molar-refractivity contribution in [2.75, 3.05) is 29.6 Å². The summed E-state index contributed by atoms with van der Waals surface area (Å²) in [7, 11) is 3.88. The van der Waals surface area contributed by atoms with Crippen molar-refractivity contribution < 1.29 is 0 Å². The standard InChI is InChI=1S/C11H18N6/c1-17(2)11-15-9(12-7-3-4-7)14-10(16-11)13-8-5-6-8/h7-8H,3-6H2,1-2H3,(H2,12,13,14,15,16). The Morgan fingerprint density at radius 3 is 1.71 bits per heavy atom. The minimum atomic E-state index is 0.557. The summed E-state index contributed by atoms with van der Waals surface area (Å²) in [5.41, 5.74) is 0. The summed E-state index contributed by atoms with van der Waals surface area (Å²) in [6, 6.07) is 1.11. The molecule has 2 aliphatic rings. The summed E-state index contributed by atoms with van der Waals surface area (Å²) in [6.07, 6.45) is 4.87. The molecule has 0 radical (unpaired) electrons. The fourth-order valence-corrected chi connectivity index (χ4v) is 1.51. The highest BCUT2D eigenvalue weighted by atomic mass is 15.3. The minimum Gasteiger partial charge on any atom is -0.351 e. The van der Waals surface area contributed by atoms with Crippen LogP contribution in [0, 0.1) is 0 Å². The van der Waals surface area contributed by atoms with Crippen molar-refractivity contribution in [3.05, 3.63) is 0 Å². The van der Waals surface area contributed by atoms with Crippen LogP contribution in [0.25, 0.3) is 0 Å². The van der Waals surface area contributed by atoms with Gasteiger partial charge in [0.05, 0.1) is 0 Å². The maximum atomic E-state index is 4.40. The van der Waals surface area contributed by atoms with Crippen LogP contribution >= 0.6 is 0 Å². The van der Waals surface area contributed by atoms with Gasteiger partial charge in [0.1, 0.15) is 0 Å². The van der Waals surface area contributed by atoms with Gasteiger partial charge in [0.25, 0.3) is 0 Å². The zero-order chi connectivity index (χ0) is 11.8. The highest BCUT2D eigenvalue weighted by molar-refractivity contribution is 5.44. The fourth-order valence-electron chi connectivity index (χ4n) is 1.51. The normalized spacial score (nSPS) is 18.9. The summed E-state index contributed by atoms with van der Waals surface area (Å²) >= 11 is 0. The van der Waals surface area contributed by atoms with Gasteiger partial charge >= 0.3 is 0 Å². The molecule has 0 unspecified atom stereocenters. The Kier molecular flexibility index (Phi) is 2.49. The molecule has 1 aromatic rings. The van der Waals surface area contributed by atoms with Crippen molar-refractivity contribution in [2.24, 2.45) is 0 Å². The molecule has 0 bridgehead atoms. The van der Waals surface area contributed by atoms with Crippen LogP contribution in [0.2, 0.25) is 0 Å².